The molecule has 0 spiro atoms. The van der Waals surface area contributed by atoms with E-state index in [-0.39, 0.29) is 30.3 Å². The molecule has 176 valence electrons. The molecule has 0 aromatic carbocycles. The molecule has 4 fully saturated rings. The van der Waals surface area contributed by atoms with E-state index in [2.05, 4.69) is 24.6 Å². The maximum atomic E-state index is 10.6. The second-order valence-corrected chi connectivity index (χ2v) is 9.43. The van der Waals surface area contributed by atoms with Crippen molar-refractivity contribution in [2.75, 3.05) is 6.61 Å². The van der Waals surface area contributed by atoms with Crippen LogP contribution < -0.4 is 0 Å². The molecule has 6 heteroatoms. The van der Waals surface area contributed by atoms with Crippen molar-refractivity contribution >= 4 is 17.5 Å². The Balaban J connectivity index is 0.000000214. The normalized spacial score (nSPS) is 24.1. The van der Waals surface area contributed by atoms with Gasteiger partial charge in [-0.25, -0.2) is 6.57 Å². The number of carbonyl (C=O) groups is 3. The van der Waals surface area contributed by atoms with Gasteiger partial charge in [0.15, 0.2) is 0 Å². The highest BCUT2D eigenvalue weighted by atomic mass is 16.4. The number of carboxylic acids is 1. The zero-order valence-electron chi connectivity index (χ0n) is 19.4. The predicted octanol–water partition coefficient (Wildman–Crippen LogP) is 4.80. The number of aliphatic hydroxyl groups is 1. The molecule has 32 heavy (non-hydrogen) atoms. The zero-order chi connectivity index (χ0) is 24.4. The Hall–Kier alpha value is -2.52. The van der Waals surface area contributed by atoms with Crippen LogP contribution in [0.25, 0.3) is 4.85 Å². The van der Waals surface area contributed by atoms with E-state index in [1.54, 1.807) is 13.8 Å². The van der Waals surface area contributed by atoms with Crippen LogP contribution in [0, 0.1) is 30.2 Å². The first-order valence-corrected chi connectivity index (χ1v) is 11.2. The molecule has 4 aliphatic carbocycles. The van der Waals surface area contributed by atoms with E-state index in [1.807, 2.05) is 0 Å². The summed E-state index contributed by atoms with van der Waals surface area (Å²) in [5.41, 5.74) is 3.53. The number of allylic oxidation sites excluding steroid dienone is 2. The standard InChI is InChI=1S/C7H12O2.C7H10O.C6H7N.C6H8O2/c1-5(9)7-2-6(3-7)4-8;1-5-3-7(4-5)6(2)8;1-5-3-6(4-5)7-2;1-4-2-5(3-4)6(7)8/h6-8H,2-4H2,1H3;7H,1,3-4H2,2H3;6H,1,3-4H2;5H,1-3H2,(H,7,8). The van der Waals surface area contributed by atoms with Gasteiger partial charge in [0.2, 0.25) is 6.04 Å². The molecule has 0 aromatic heterocycles. The molecule has 6 nitrogen and oxygen atoms in total. The minimum Gasteiger partial charge on any atom is -0.481 e. The van der Waals surface area contributed by atoms with Gasteiger partial charge in [-0.3, -0.25) is 14.4 Å². The van der Waals surface area contributed by atoms with Gasteiger partial charge in [-0.05, 0) is 58.3 Å². The number of ketones is 2. The monoisotopic (exact) mass is 443 g/mol. The van der Waals surface area contributed by atoms with E-state index in [4.69, 9.17) is 16.8 Å². The summed E-state index contributed by atoms with van der Waals surface area (Å²) >= 11 is 0. The molecule has 4 saturated carbocycles. The molecule has 0 saturated heterocycles. The molecule has 0 amide bonds. The lowest BCUT2D eigenvalue weighted by Crippen LogP contribution is -2.30. The van der Waals surface area contributed by atoms with Gasteiger partial charge in [-0.15, -0.1) is 0 Å². The fraction of sp³-hybridized carbons (Fsp3) is 0.615. The van der Waals surface area contributed by atoms with E-state index < -0.39 is 5.97 Å². The number of hydrogen-bond acceptors (Lipinski definition) is 4. The van der Waals surface area contributed by atoms with Gasteiger partial charge in [-0.1, -0.05) is 36.5 Å². The SMILES string of the molecule is C=C1CC(C(=O)O)C1.C=C1CC(C(C)=O)C1.CC(=O)C1CC(CO)C1.[C-]#[N+]C1CC(=C)C1. The second-order valence-electron chi connectivity index (χ2n) is 9.43. The maximum absolute atomic E-state index is 10.6. The van der Waals surface area contributed by atoms with Gasteiger partial charge in [0.25, 0.3) is 0 Å². The lowest BCUT2D eigenvalue weighted by Gasteiger charge is -2.31. The van der Waals surface area contributed by atoms with Crippen LogP contribution in [0.5, 0.6) is 0 Å². The first-order valence-electron chi connectivity index (χ1n) is 11.2. The molecule has 0 aromatic rings. The molecule has 0 heterocycles. The van der Waals surface area contributed by atoms with E-state index >= 15 is 0 Å². The fourth-order valence-corrected chi connectivity index (χ4v) is 3.65. The Morgan fingerprint density at radius 2 is 1.25 bits per heavy atom. The van der Waals surface area contributed by atoms with Gasteiger partial charge in [0.1, 0.15) is 11.6 Å². The minimum absolute atomic E-state index is 0.123. The van der Waals surface area contributed by atoms with Crippen molar-refractivity contribution in [1.29, 1.82) is 0 Å². The highest BCUT2D eigenvalue weighted by molar-refractivity contribution is 5.80. The Labute approximate surface area is 191 Å². The number of hydrogen-bond donors (Lipinski definition) is 2. The molecule has 0 radical (unpaired) electrons. The van der Waals surface area contributed by atoms with Crippen molar-refractivity contribution in [2.24, 2.45) is 23.7 Å². The molecule has 0 unspecified atom stereocenters. The molecule has 0 atom stereocenters. The summed E-state index contributed by atoms with van der Waals surface area (Å²) in [4.78, 5) is 34.6. The number of aliphatic hydroxyl groups excluding tert-OH is 1. The number of nitrogens with zero attached hydrogens (tertiary/aromatic N) is 1. The summed E-state index contributed by atoms with van der Waals surface area (Å²) in [6.45, 7) is 21.1. The van der Waals surface area contributed by atoms with Crippen LogP contribution in [0.1, 0.15) is 65.2 Å². The molecule has 0 bridgehead atoms. The zero-order valence-corrected chi connectivity index (χ0v) is 19.4. The molecule has 4 aliphatic rings. The Morgan fingerprint density at radius 1 is 0.844 bits per heavy atom. The van der Waals surface area contributed by atoms with Gasteiger partial charge in [0, 0.05) is 31.3 Å². The molecule has 0 aliphatic heterocycles. The highest BCUT2D eigenvalue weighted by Gasteiger charge is 2.31. The lowest BCUT2D eigenvalue weighted by molar-refractivity contribution is -0.143. The summed E-state index contributed by atoms with van der Waals surface area (Å²) in [5, 5.41) is 16.9. The van der Waals surface area contributed by atoms with Crippen LogP contribution in [-0.4, -0.2) is 40.4 Å². The largest absolute Gasteiger partial charge is 0.481 e. The van der Waals surface area contributed by atoms with Gasteiger partial charge in [0.05, 0.1) is 5.92 Å². The first kappa shape index (κ1) is 27.5. The van der Waals surface area contributed by atoms with Crippen molar-refractivity contribution in [3.05, 3.63) is 47.9 Å². The van der Waals surface area contributed by atoms with Crippen molar-refractivity contribution < 1.29 is 24.6 Å². The minimum atomic E-state index is -0.683. The van der Waals surface area contributed by atoms with Crippen LogP contribution in [0.15, 0.2) is 36.5 Å². The van der Waals surface area contributed by atoms with Crippen LogP contribution in [0.3, 0.4) is 0 Å². The molecular weight excluding hydrogens is 406 g/mol. The number of rotatable bonds is 4. The summed E-state index contributed by atoms with van der Waals surface area (Å²) in [5.74, 6) is 0.792. The Bertz CT molecular complexity index is 727. The third-order valence-corrected chi connectivity index (χ3v) is 6.36. The lowest BCUT2D eigenvalue weighted by atomic mass is 9.73. The third kappa shape index (κ3) is 9.32. The summed E-state index contributed by atoms with van der Waals surface area (Å²) in [7, 11) is 0. The van der Waals surface area contributed by atoms with Crippen molar-refractivity contribution in [3.63, 3.8) is 0 Å². The van der Waals surface area contributed by atoms with Gasteiger partial charge >= 0.3 is 5.97 Å². The quantitative estimate of drug-likeness (QED) is 0.481. The molecule has 4 rings (SSSR count). The first-order chi connectivity index (χ1) is 15.0. The van der Waals surface area contributed by atoms with Crippen LogP contribution in [-0.2, 0) is 14.4 Å². The van der Waals surface area contributed by atoms with Crippen LogP contribution in [0.2, 0.25) is 0 Å². The second kappa shape index (κ2) is 13.1. The fourth-order valence-electron chi connectivity index (χ4n) is 3.65. The summed E-state index contributed by atoms with van der Waals surface area (Å²) in [6, 6.07) is 0.285. The number of aliphatic carboxylic acids is 1. The Kier molecular flexibility index (Phi) is 11.3. The van der Waals surface area contributed by atoms with Crippen molar-refractivity contribution in [3.8, 4) is 0 Å². The average Bonchev–Trinajstić information content (AvgIpc) is 2.60. The van der Waals surface area contributed by atoms with E-state index in [0.717, 1.165) is 44.1 Å². The highest BCUT2D eigenvalue weighted by Crippen LogP contribution is 2.33. The predicted molar refractivity (Wildman–Crippen MR) is 125 cm³/mol. The summed E-state index contributed by atoms with van der Waals surface area (Å²) in [6.07, 6.45) is 6.97. The average molecular weight is 444 g/mol. The smallest absolute Gasteiger partial charge is 0.307 e. The molecule has 2 N–H and O–H groups in total. The third-order valence-electron chi connectivity index (χ3n) is 6.36. The number of carbonyl (C=O) groups excluding carboxylic acids is 2. The van der Waals surface area contributed by atoms with Gasteiger partial charge < -0.3 is 15.1 Å². The maximum Gasteiger partial charge on any atom is 0.307 e. The number of carboxylic acid groups (broad SMARTS) is 1. The van der Waals surface area contributed by atoms with E-state index in [0.29, 0.717) is 30.5 Å². The Morgan fingerprint density at radius 3 is 1.44 bits per heavy atom. The van der Waals surface area contributed by atoms with Gasteiger partial charge in [-0.2, -0.15) is 0 Å². The van der Waals surface area contributed by atoms with Crippen molar-refractivity contribution in [1.82, 2.24) is 0 Å². The van der Waals surface area contributed by atoms with E-state index in [1.165, 1.54) is 11.1 Å². The summed E-state index contributed by atoms with van der Waals surface area (Å²) < 4.78 is 0. The van der Waals surface area contributed by atoms with E-state index in [9.17, 15) is 14.4 Å². The van der Waals surface area contributed by atoms with Crippen LogP contribution >= 0.6 is 0 Å². The number of Topliss-reactive ketones (excluding diaryl/α,β-unsaturated/α-hetero) is 2. The van der Waals surface area contributed by atoms with Crippen LogP contribution in [0.4, 0.5) is 0 Å². The van der Waals surface area contributed by atoms with Crippen molar-refractivity contribution in [2.45, 2.75) is 71.3 Å². The topological polar surface area (TPSA) is 96.0 Å². The molecular formula is C26H37NO5.